The average Bonchev–Trinajstić information content (AvgIpc) is 1.96. The molecule has 0 aromatic rings. The minimum atomic E-state index is -5.26. The summed E-state index contributed by atoms with van der Waals surface area (Å²) in [4.78, 5) is 16.5. The normalized spacial score (nSPS) is 13.3. The van der Waals surface area contributed by atoms with Gasteiger partial charge in [0.25, 0.3) is 0 Å². The fraction of sp³-hybridized carbons (Fsp3) is 1.00. The summed E-state index contributed by atoms with van der Waals surface area (Å²) in [7, 11) is -5.26. The summed E-state index contributed by atoms with van der Waals surface area (Å²) in [5, 5.41) is 0.717. The van der Waals surface area contributed by atoms with Crippen LogP contribution in [-0.4, -0.2) is 20.8 Å². The third-order valence-corrected chi connectivity index (χ3v) is 3.17. The smallest absolute Gasteiger partial charge is 0.320 e. The van der Waals surface area contributed by atoms with Gasteiger partial charge in [0.15, 0.2) is 0 Å². The van der Waals surface area contributed by atoms with Gasteiger partial charge in [-0.25, -0.2) is 0 Å². The SMILES string of the molecule is O=P(O)(O)C(F)(F)CCCCCBr. The molecule has 0 fully saturated rings. The van der Waals surface area contributed by atoms with E-state index in [9.17, 15) is 13.3 Å². The lowest BCUT2D eigenvalue weighted by atomic mass is 10.2. The van der Waals surface area contributed by atoms with Crippen LogP contribution in [-0.2, 0) is 4.57 Å². The van der Waals surface area contributed by atoms with Crippen LogP contribution < -0.4 is 0 Å². The van der Waals surface area contributed by atoms with Gasteiger partial charge in [0.05, 0.1) is 0 Å². The molecule has 0 aromatic heterocycles. The molecule has 0 bridgehead atoms. The van der Waals surface area contributed by atoms with Gasteiger partial charge in [-0.05, 0) is 12.8 Å². The molecule has 0 radical (unpaired) electrons. The highest BCUT2D eigenvalue weighted by molar-refractivity contribution is 9.09. The molecule has 0 rings (SSSR count). The van der Waals surface area contributed by atoms with Crippen LogP contribution >= 0.6 is 23.5 Å². The molecular formula is C6H12BrF2O3P. The Kier molecular flexibility index (Phi) is 5.59. The Morgan fingerprint density at radius 3 is 2.15 bits per heavy atom. The zero-order chi connectivity index (χ0) is 10.5. The van der Waals surface area contributed by atoms with Crippen molar-refractivity contribution in [2.75, 3.05) is 5.33 Å². The molecule has 0 saturated carbocycles. The lowest BCUT2D eigenvalue weighted by molar-refractivity contribution is 0.0478. The van der Waals surface area contributed by atoms with Gasteiger partial charge in [-0.3, -0.25) is 4.57 Å². The Morgan fingerprint density at radius 2 is 1.77 bits per heavy atom. The van der Waals surface area contributed by atoms with Crippen molar-refractivity contribution >= 4 is 23.5 Å². The first-order valence-corrected chi connectivity index (χ1v) is 6.54. The zero-order valence-electron chi connectivity index (χ0n) is 6.92. The van der Waals surface area contributed by atoms with Gasteiger partial charge in [0.2, 0.25) is 0 Å². The van der Waals surface area contributed by atoms with Crippen molar-refractivity contribution in [1.82, 2.24) is 0 Å². The third kappa shape index (κ3) is 5.05. The molecule has 13 heavy (non-hydrogen) atoms. The molecule has 7 heteroatoms. The topological polar surface area (TPSA) is 57.5 Å². The largest absolute Gasteiger partial charge is 0.394 e. The van der Waals surface area contributed by atoms with Gasteiger partial charge in [-0.1, -0.05) is 22.4 Å². The van der Waals surface area contributed by atoms with Crippen molar-refractivity contribution < 1.29 is 23.1 Å². The summed E-state index contributed by atoms with van der Waals surface area (Å²) >= 11 is 3.13. The highest BCUT2D eigenvalue weighted by atomic mass is 79.9. The van der Waals surface area contributed by atoms with Gasteiger partial charge >= 0.3 is 13.3 Å². The van der Waals surface area contributed by atoms with Crippen molar-refractivity contribution in [3.63, 3.8) is 0 Å². The fourth-order valence-corrected chi connectivity index (χ4v) is 1.60. The molecule has 0 spiro atoms. The van der Waals surface area contributed by atoms with E-state index in [4.69, 9.17) is 9.79 Å². The third-order valence-electron chi connectivity index (χ3n) is 1.54. The van der Waals surface area contributed by atoms with E-state index in [0.29, 0.717) is 11.8 Å². The van der Waals surface area contributed by atoms with Gasteiger partial charge in [-0.15, -0.1) is 0 Å². The minimum absolute atomic E-state index is 0.129. The number of halogens is 3. The first-order valence-electron chi connectivity index (χ1n) is 3.80. The van der Waals surface area contributed by atoms with E-state index in [0.717, 1.165) is 6.42 Å². The van der Waals surface area contributed by atoms with Gasteiger partial charge in [0.1, 0.15) is 0 Å². The summed E-state index contributed by atoms with van der Waals surface area (Å²) in [6, 6.07) is 0. The monoisotopic (exact) mass is 280 g/mol. The zero-order valence-corrected chi connectivity index (χ0v) is 9.40. The number of alkyl halides is 3. The predicted octanol–water partition coefficient (Wildman–Crippen LogP) is 2.71. The van der Waals surface area contributed by atoms with E-state index in [1.54, 1.807) is 0 Å². The van der Waals surface area contributed by atoms with Crippen LogP contribution in [0.15, 0.2) is 0 Å². The van der Waals surface area contributed by atoms with Crippen LogP contribution in [0.4, 0.5) is 8.78 Å². The Hall–Kier alpha value is 0.490. The van der Waals surface area contributed by atoms with E-state index < -0.39 is 19.7 Å². The second kappa shape index (κ2) is 5.39. The number of hydrogen-bond acceptors (Lipinski definition) is 1. The molecule has 0 amide bonds. The highest BCUT2D eigenvalue weighted by Crippen LogP contribution is 2.55. The standard InChI is InChI=1S/C6H12BrF2O3P/c7-5-3-1-2-4-6(8,9)13(10,11)12/h1-5H2,(H2,10,11,12). The molecule has 0 heterocycles. The maximum Gasteiger partial charge on any atom is 0.394 e. The van der Waals surface area contributed by atoms with E-state index in [1.165, 1.54) is 0 Å². The maximum atomic E-state index is 12.6. The molecule has 0 saturated heterocycles. The van der Waals surface area contributed by atoms with Crippen LogP contribution in [0.1, 0.15) is 25.7 Å². The van der Waals surface area contributed by atoms with E-state index in [2.05, 4.69) is 15.9 Å². The molecule has 0 unspecified atom stereocenters. The second-order valence-corrected chi connectivity index (χ2v) is 5.24. The number of hydrogen-bond donors (Lipinski definition) is 2. The van der Waals surface area contributed by atoms with Crippen LogP contribution in [0, 0.1) is 0 Å². The summed E-state index contributed by atoms with van der Waals surface area (Å²) in [5.74, 6) is 0. The second-order valence-electron chi connectivity index (χ2n) is 2.71. The summed E-state index contributed by atoms with van der Waals surface area (Å²) in [6.07, 6.45) is 0.659. The predicted molar refractivity (Wildman–Crippen MR) is 49.3 cm³/mol. The quantitative estimate of drug-likeness (QED) is 0.447. The van der Waals surface area contributed by atoms with Gasteiger partial charge < -0.3 is 9.79 Å². The maximum absolute atomic E-state index is 12.6. The highest BCUT2D eigenvalue weighted by Gasteiger charge is 2.47. The van der Waals surface area contributed by atoms with Crippen molar-refractivity contribution in [3.8, 4) is 0 Å². The van der Waals surface area contributed by atoms with Crippen molar-refractivity contribution in [3.05, 3.63) is 0 Å². The number of unbranched alkanes of at least 4 members (excludes halogenated alkanes) is 2. The lowest BCUT2D eigenvalue weighted by Crippen LogP contribution is -2.15. The number of rotatable bonds is 6. The molecular weight excluding hydrogens is 269 g/mol. The Bertz CT molecular complexity index is 194. The molecule has 0 aromatic carbocycles. The van der Waals surface area contributed by atoms with E-state index in [1.807, 2.05) is 0 Å². The lowest BCUT2D eigenvalue weighted by Gasteiger charge is -2.16. The molecule has 0 atom stereocenters. The summed E-state index contributed by atoms with van der Waals surface area (Å²) in [5.41, 5.74) is -3.86. The molecule has 0 aliphatic rings. The van der Waals surface area contributed by atoms with Crippen molar-refractivity contribution in [1.29, 1.82) is 0 Å². The van der Waals surface area contributed by atoms with Gasteiger partial charge in [0, 0.05) is 11.8 Å². The molecule has 3 nitrogen and oxygen atoms in total. The molecule has 0 aliphatic carbocycles. The van der Waals surface area contributed by atoms with E-state index in [-0.39, 0.29) is 6.42 Å². The Labute approximate surface area is 83.8 Å². The first-order chi connectivity index (χ1) is 5.81. The van der Waals surface area contributed by atoms with Crippen molar-refractivity contribution in [2.45, 2.75) is 31.3 Å². The Balaban J connectivity index is 3.84. The Morgan fingerprint density at radius 1 is 1.23 bits per heavy atom. The average molecular weight is 281 g/mol. The van der Waals surface area contributed by atoms with Crippen LogP contribution in [0.3, 0.4) is 0 Å². The van der Waals surface area contributed by atoms with Crippen LogP contribution in [0.2, 0.25) is 0 Å². The summed E-state index contributed by atoms with van der Waals surface area (Å²) in [6.45, 7) is 0. The van der Waals surface area contributed by atoms with E-state index >= 15 is 0 Å². The molecule has 80 valence electrons. The molecule has 2 N–H and O–H groups in total. The van der Waals surface area contributed by atoms with Crippen LogP contribution in [0.5, 0.6) is 0 Å². The minimum Gasteiger partial charge on any atom is -0.320 e. The van der Waals surface area contributed by atoms with Gasteiger partial charge in [-0.2, -0.15) is 8.78 Å². The molecule has 0 aliphatic heterocycles. The summed E-state index contributed by atoms with van der Waals surface area (Å²) < 4.78 is 35.4. The fourth-order valence-electron chi connectivity index (χ4n) is 0.755. The van der Waals surface area contributed by atoms with Crippen LogP contribution in [0.25, 0.3) is 0 Å². The first kappa shape index (κ1) is 13.5. The van der Waals surface area contributed by atoms with Crippen molar-refractivity contribution in [2.24, 2.45) is 0 Å².